The minimum Gasteiger partial charge on any atom is -0.370 e. The molecule has 0 unspecified atom stereocenters. The second kappa shape index (κ2) is 5.79. The average molecular weight is 362 g/mol. The van der Waals surface area contributed by atoms with Crippen LogP contribution in [0.3, 0.4) is 0 Å². The fraction of sp³-hybridized carbons (Fsp3) is 0.235. The third-order valence-corrected chi connectivity index (χ3v) is 5.93. The molecule has 0 radical (unpaired) electrons. The van der Waals surface area contributed by atoms with E-state index in [-0.39, 0.29) is 4.90 Å². The first-order chi connectivity index (χ1) is 11.5. The van der Waals surface area contributed by atoms with Crippen molar-refractivity contribution in [2.45, 2.75) is 17.7 Å². The molecule has 1 saturated heterocycles. The summed E-state index contributed by atoms with van der Waals surface area (Å²) in [7, 11) is -3.62. The zero-order valence-electron chi connectivity index (χ0n) is 12.9. The number of nitrogens with zero attached hydrogens (tertiary/aromatic N) is 2. The fourth-order valence-corrected chi connectivity index (χ4v) is 4.61. The lowest BCUT2D eigenvalue weighted by Crippen LogP contribution is -2.18. The van der Waals surface area contributed by atoms with Gasteiger partial charge >= 0.3 is 0 Å². The van der Waals surface area contributed by atoms with Gasteiger partial charge in [-0.25, -0.2) is 0 Å². The number of fused-ring (bicyclic) bond motifs is 1. The highest BCUT2D eigenvalue weighted by molar-refractivity contribution is 7.90. The Labute approximate surface area is 146 Å². The van der Waals surface area contributed by atoms with Crippen LogP contribution in [0.15, 0.2) is 51.8 Å². The van der Waals surface area contributed by atoms with E-state index < -0.39 is 10.0 Å². The summed E-state index contributed by atoms with van der Waals surface area (Å²) in [5.74, 6) is 0.329. The Morgan fingerprint density at radius 2 is 1.83 bits per heavy atom. The van der Waals surface area contributed by atoms with Gasteiger partial charge in [-0.2, -0.15) is 8.42 Å². The molecule has 5 nitrogen and oxygen atoms in total. The molecule has 0 atom stereocenters. The van der Waals surface area contributed by atoms with Crippen molar-refractivity contribution >= 4 is 38.8 Å². The molecule has 4 rings (SSSR count). The van der Waals surface area contributed by atoms with Gasteiger partial charge in [-0.15, -0.1) is 4.40 Å². The molecular weight excluding hydrogens is 346 g/mol. The number of halogens is 1. The van der Waals surface area contributed by atoms with Crippen molar-refractivity contribution in [3.63, 3.8) is 0 Å². The summed E-state index contributed by atoms with van der Waals surface area (Å²) >= 11 is 6.41. The van der Waals surface area contributed by atoms with Crippen molar-refractivity contribution in [2.75, 3.05) is 23.3 Å². The lowest BCUT2D eigenvalue weighted by molar-refractivity contribution is 0.599. The topological polar surface area (TPSA) is 61.8 Å². The molecule has 0 saturated carbocycles. The van der Waals surface area contributed by atoms with E-state index >= 15 is 0 Å². The highest BCUT2D eigenvalue weighted by Crippen LogP contribution is 2.32. The first kappa shape index (κ1) is 15.5. The molecule has 0 spiro atoms. The Balaban J connectivity index is 1.64. The van der Waals surface area contributed by atoms with Crippen LogP contribution in [0.5, 0.6) is 0 Å². The maximum Gasteiger partial charge on any atom is 0.285 e. The van der Waals surface area contributed by atoms with Crippen molar-refractivity contribution in [1.29, 1.82) is 0 Å². The minimum absolute atomic E-state index is 0.229. The van der Waals surface area contributed by atoms with E-state index in [9.17, 15) is 8.42 Å². The van der Waals surface area contributed by atoms with Crippen LogP contribution in [0, 0.1) is 0 Å². The zero-order valence-corrected chi connectivity index (χ0v) is 14.4. The molecule has 2 aromatic rings. The summed E-state index contributed by atoms with van der Waals surface area (Å²) in [5.41, 5.74) is 2.31. The number of benzene rings is 2. The van der Waals surface area contributed by atoms with Gasteiger partial charge in [0, 0.05) is 24.3 Å². The van der Waals surface area contributed by atoms with Gasteiger partial charge in [0.1, 0.15) is 4.90 Å². The van der Waals surface area contributed by atoms with Crippen molar-refractivity contribution in [3.05, 3.63) is 53.1 Å². The van der Waals surface area contributed by atoms with Gasteiger partial charge in [-0.05, 0) is 43.2 Å². The van der Waals surface area contributed by atoms with Crippen molar-refractivity contribution in [3.8, 4) is 0 Å². The number of nitrogens with one attached hydrogen (secondary N) is 1. The number of amidine groups is 1. The summed E-state index contributed by atoms with van der Waals surface area (Å²) < 4.78 is 28.0. The molecule has 2 aromatic carbocycles. The number of hydrogen-bond donors (Lipinski definition) is 1. The molecule has 2 aliphatic heterocycles. The third kappa shape index (κ3) is 2.65. The molecule has 1 N–H and O–H groups in total. The van der Waals surface area contributed by atoms with Gasteiger partial charge in [0.05, 0.1) is 10.7 Å². The summed E-state index contributed by atoms with van der Waals surface area (Å²) in [5, 5.41) is 3.73. The summed E-state index contributed by atoms with van der Waals surface area (Å²) in [6.07, 6.45) is 2.36. The van der Waals surface area contributed by atoms with Crippen LogP contribution in [0.25, 0.3) is 0 Å². The molecule has 2 aliphatic rings. The molecular formula is C17H16ClN3O2S. The van der Waals surface area contributed by atoms with Crippen LogP contribution < -0.4 is 10.2 Å². The van der Waals surface area contributed by atoms with Gasteiger partial charge in [-0.3, -0.25) is 0 Å². The normalized spacial score (nSPS) is 18.4. The van der Waals surface area contributed by atoms with E-state index in [0.717, 1.165) is 18.8 Å². The highest BCUT2D eigenvalue weighted by Gasteiger charge is 2.28. The summed E-state index contributed by atoms with van der Waals surface area (Å²) in [6, 6.07) is 12.5. The number of sulfonamides is 1. The average Bonchev–Trinajstić information content (AvgIpc) is 3.16. The Bertz CT molecular complexity index is 935. The molecule has 7 heteroatoms. The second-order valence-electron chi connectivity index (χ2n) is 5.90. The Morgan fingerprint density at radius 3 is 2.58 bits per heavy atom. The van der Waals surface area contributed by atoms with Crippen LogP contribution in [0.4, 0.5) is 11.4 Å². The van der Waals surface area contributed by atoms with E-state index in [2.05, 4.69) is 14.6 Å². The van der Waals surface area contributed by atoms with Gasteiger partial charge in [0.2, 0.25) is 0 Å². The molecule has 2 heterocycles. The molecule has 0 aliphatic carbocycles. The highest BCUT2D eigenvalue weighted by atomic mass is 35.5. The maximum absolute atomic E-state index is 12.1. The van der Waals surface area contributed by atoms with Gasteiger partial charge in [-0.1, -0.05) is 23.7 Å². The third-order valence-electron chi connectivity index (χ3n) is 4.29. The number of rotatable bonds is 2. The van der Waals surface area contributed by atoms with E-state index in [0.29, 0.717) is 22.1 Å². The van der Waals surface area contributed by atoms with Crippen molar-refractivity contribution in [2.24, 2.45) is 4.40 Å². The summed E-state index contributed by atoms with van der Waals surface area (Å²) in [4.78, 5) is 2.49. The molecule has 24 heavy (non-hydrogen) atoms. The molecule has 1 fully saturated rings. The first-order valence-electron chi connectivity index (χ1n) is 7.80. The lowest BCUT2D eigenvalue weighted by Gasteiger charge is -2.19. The molecule has 0 bridgehead atoms. The van der Waals surface area contributed by atoms with Crippen LogP contribution in [0.2, 0.25) is 5.02 Å². The van der Waals surface area contributed by atoms with Crippen LogP contribution in [-0.2, 0) is 10.0 Å². The predicted molar refractivity (Wildman–Crippen MR) is 96.7 cm³/mol. The molecule has 0 aromatic heterocycles. The predicted octanol–water partition coefficient (Wildman–Crippen LogP) is 3.50. The van der Waals surface area contributed by atoms with E-state index in [1.54, 1.807) is 24.3 Å². The smallest absolute Gasteiger partial charge is 0.285 e. The van der Waals surface area contributed by atoms with Crippen LogP contribution >= 0.6 is 11.6 Å². The van der Waals surface area contributed by atoms with Crippen LogP contribution in [0.1, 0.15) is 18.4 Å². The van der Waals surface area contributed by atoms with Gasteiger partial charge in [0.25, 0.3) is 10.0 Å². The standard InChI is InChI=1S/C17H16ClN3O2S/c18-14-11-12(7-8-15(14)21-9-3-4-10-21)19-17-13-5-1-2-6-16(13)24(22,23)20-17/h1-2,5-8,11H,3-4,9-10H2,(H,19,20). The van der Waals surface area contributed by atoms with E-state index in [1.807, 2.05) is 18.2 Å². The molecule has 0 amide bonds. The zero-order chi connectivity index (χ0) is 16.7. The Morgan fingerprint density at radius 1 is 1.08 bits per heavy atom. The summed E-state index contributed by atoms with van der Waals surface area (Å²) in [6.45, 7) is 2.04. The Kier molecular flexibility index (Phi) is 3.73. The first-order valence-corrected chi connectivity index (χ1v) is 9.62. The van der Waals surface area contributed by atoms with Crippen LogP contribution in [-0.4, -0.2) is 27.3 Å². The van der Waals surface area contributed by atoms with E-state index in [1.165, 1.54) is 12.8 Å². The van der Waals surface area contributed by atoms with Gasteiger partial charge in [0.15, 0.2) is 5.84 Å². The quantitative estimate of drug-likeness (QED) is 0.889. The Hall–Kier alpha value is -2.05. The van der Waals surface area contributed by atoms with E-state index in [4.69, 9.17) is 11.6 Å². The van der Waals surface area contributed by atoms with Crippen molar-refractivity contribution < 1.29 is 8.42 Å². The largest absolute Gasteiger partial charge is 0.370 e. The van der Waals surface area contributed by atoms with Crippen molar-refractivity contribution in [1.82, 2.24) is 0 Å². The second-order valence-corrected chi connectivity index (χ2v) is 7.88. The number of hydrogen-bond acceptors (Lipinski definition) is 4. The lowest BCUT2D eigenvalue weighted by atomic mass is 10.2. The van der Waals surface area contributed by atoms with Gasteiger partial charge < -0.3 is 10.2 Å². The molecule has 124 valence electrons. The number of anilines is 2. The minimum atomic E-state index is -3.62. The monoisotopic (exact) mass is 361 g/mol. The SMILES string of the molecule is O=S1(=O)N=C(Nc2ccc(N3CCCC3)c(Cl)c2)c2ccccc21. The fourth-order valence-electron chi connectivity index (χ4n) is 3.13. The maximum atomic E-state index is 12.1.